The van der Waals surface area contributed by atoms with Gasteiger partial charge in [-0.1, -0.05) is 18.2 Å². The molecular formula is C20H24FN3O3S. The second-order valence-electron chi connectivity index (χ2n) is 7.62. The molecule has 0 saturated heterocycles. The number of benzene rings is 2. The molecule has 2 aromatic carbocycles. The van der Waals surface area contributed by atoms with E-state index in [1.807, 2.05) is 0 Å². The van der Waals surface area contributed by atoms with Gasteiger partial charge in [-0.3, -0.25) is 18.9 Å². The third-order valence-electron chi connectivity index (χ3n) is 5.07. The van der Waals surface area contributed by atoms with Gasteiger partial charge in [-0.25, -0.2) is 4.39 Å². The molecule has 3 rings (SSSR count). The molecule has 150 valence electrons. The van der Waals surface area contributed by atoms with Gasteiger partial charge in [0.05, 0.1) is 5.75 Å². The van der Waals surface area contributed by atoms with Crippen LogP contribution in [0.2, 0.25) is 0 Å². The molecule has 0 aromatic heterocycles. The lowest BCUT2D eigenvalue weighted by Crippen LogP contribution is -2.55. The maximum absolute atomic E-state index is 14.5. The summed E-state index contributed by atoms with van der Waals surface area (Å²) in [7, 11) is -3.28. The number of nitrogens with one attached hydrogen (secondary N) is 1. The molecule has 1 amide bonds. The van der Waals surface area contributed by atoms with E-state index >= 15 is 0 Å². The van der Waals surface area contributed by atoms with E-state index in [1.165, 1.54) is 18.2 Å². The number of amides is 1. The van der Waals surface area contributed by atoms with Gasteiger partial charge in [-0.15, -0.1) is 0 Å². The molecule has 0 fully saturated rings. The second kappa shape index (κ2) is 6.88. The number of carbonyl (C=O) groups excluding carboxylic acids is 1. The molecule has 28 heavy (non-hydrogen) atoms. The van der Waals surface area contributed by atoms with Crippen molar-refractivity contribution in [3.05, 3.63) is 65.5 Å². The van der Waals surface area contributed by atoms with Crippen molar-refractivity contribution in [2.75, 3.05) is 11.5 Å². The Morgan fingerprint density at radius 3 is 2.46 bits per heavy atom. The highest BCUT2D eigenvalue weighted by atomic mass is 32.3. The maximum atomic E-state index is 14.5. The molecule has 0 radical (unpaired) electrons. The Morgan fingerprint density at radius 2 is 1.82 bits per heavy atom. The third-order valence-corrected chi connectivity index (χ3v) is 7.86. The van der Waals surface area contributed by atoms with E-state index in [4.69, 9.17) is 5.73 Å². The molecule has 2 aromatic rings. The van der Waals surface area contributed by atoms with Gasteiger partial charge in [0.15, 0.2) is 0 Å². The van der Waals surface area contributed by atoms with Crippen LogP contribution in [0.15, 0.2) is 53.5 Å². The summed E-state index contributed by atoms with van der Waals surface area (Å²) in [6, 6.07) is 12.6. The van der Waals surface area contributed by atoms with Gasteiger partial charge in [0, 0.05) is 16.8 Å². The van der Waals surface area contributed by atoms with E-state index < -0.39 is 32.6 Å². The Balaban J connectivity index is 2.09. The Kier molecular flexibility index (Phi) is 4.99. The highest BCUT2D eigenvalue weighted by molar-refractivity contribution is 8.26. The minimum Gasteiger partial charge on any atom is -0.399 e. The van der Waals surface area contributed by atoms with Crippen LogP contribution in [0.25, 0.3) is 0 Å². The fraction of sp³-hybridized carbons (Fsp3) is 0.300. The van der Waals surface area contributed by atoms with E-state index in [-0.39, 0.29) is 17.2 Å². The molecule has 0 saturated carbocycles. The molecule has 1 unspecified atom stereocenters. The standard InChI is InChI=1S/C20H24FN3O3S/c1-19(2)18(23-17(25)13-7-5-4-6-8-13)24-20(3,12-28(19,26)27)15-11-14(22)9-10-16(15)21/h4-11,26-27H,12,22H2,1-3H3,(H,23,24,25). The lowest BCUT2D eigenvalue weighted by Gasteiger charge is -2.54. The molecule has 0 bridgehead atoms. The van der Waals surface area contributed by atoms with Crippen molar-refractivity contribution in [2.45, 2.75) is 31.1 Å². The molecule has 1 aliphatic rings. The predicted octanol–water partition coefficient (Wildman–Crippen LogP) is 3.99. The quantitative estimate of drug-likeness (QED) is 0.567. The summed E-state index contributed by atoms with van der Waals surface area (Å²) in [5, 5.41) is 2.70. The number of anilines is 1. The van der Waals surface area contributed by atoms with Crippen molar-refractivity contribution in [1.82, 2.24) is 5.32 Å². The minimum absolute atomic E-state index is 0.0944. The zero-order valence-electron chi connectivity index (χ0n) is 15.9. The number of halogens is 1. The number of rotatable bonds is 2. The molecule has 0 spiro atoms. The van der Waals surface area contributed by atoms with Crippen LogP contribution in [0, 0.1) is 5.82 Å². The molecule has 0 aliphatic carbocycles. The Bertz CT molecular complexity index is 947. The topological polar surface area (TPSA) is 108 Å². The van der Waals surface area contributed by atoms with Gasteiger partial charge in [-0.05, 0) is 51.1 Å². The first-order valence-electron chi connectivity index (χ1n) is 8.74. The normalized spacial score (nSPS) is 24.1. The van der Waals surface area contributed by atoms with Gasteiger partial charge < -0.3 is 11.1 Å². The number of nitrogens with zero attached hydrogens (tertiary/aromatic N) is 1. The summed E-state index contributed by atoms with van der Waals surface area (Å²) >= 11 is 0. The van der Waals surface area contributed by atoms with Crippen LogP contribution >= 0.6 is 10.6 Å². The van der Waals surface area contributed by atoms with Crippen molar-refractivity contribution in [2.24, 2.45) is 4.99 Å². The highest BCUT2D eigenvalue weighted by Gasteiger charge is 2.50. The summed E-state index contributed by atoms with van der Waals surface area (Å²) < 4.78 is 35.1. The predicted molar refractivity (Wildman–Crippen MR) is 111 cm³/mol. The molecule has 6 nitrogen and oxygen atoms in total. The Hall–Kier alpha value is -2.42. The largest absolute Gasteiger partial charge is 0.399 e. The van der Waals surface area contributed by atoms with Crippen LogP contribution in [-0.2, 0) is 5.54 Å². The number of hydrogen-bond donors (Lipinski definition) is 4. The van der Waals surface area contributed by atoms with Gasteiger partial charge in [0.2, 0.25) is 0 Å². The fourth-order valence-corrected chi connectivity index (χ4v) is 4.95. The van der Waals surface area contributed by atoms with Gasteiger partial charge in [0.25, 0.3) is 5.91 Å². The fourth-order valence-electron chi connectivity index (χ4n) is 3.18. The van der Waals surface area contributed by atoms with E-state index in [0.717, 1.165) is 0 Å². The number of hydrogen-bond acceptors (Lipinski definition) is 5. The molecular weight excluding hydrogens is 381 g/mol. The maximum Gasteiger partial charge on any atom is 0.256 e. The van der Waals surface area contributed by atoms with Crippen LogP contribution in [0.5, 0.6) is 0 Å². The zero-order chi connectivity index (χ0) is 20.7. The van der Waals surface area contributed by atoms with E-state index in [9.17, 15) is 18.3 Å². The van der Waals surface area contributed by atoms with E-state index in [0.29, 0.717) is 11.3 Å². The van der Waals surface area contributed by atoms with Crippen molar-refractivity contribution in [1.29, 1.82) is 0 Å². The average Bonchev–Trinajstić information content (AvgIpc) is 2.62. The number of carbonyl (C=O) groups is 1. The van der Waals surface area contributed by atoms with Crippen LogP contribution < -0.4 is 11.1 Å². The van der Waals surface area contributed by atoms with Gasteiger partial charge >= 0.3 is 0 Å². The van der Waals surface area contributed by atoms with Gasteiger partial charge in [-0.2, -0.15) is 10.6 Å². The van der Waals surface area contributed by atoms with Crippen LogP contribution in [0.4, 0.5) is 10.1 Å². The van der Waals surface area contributed by atoms with Crippen molar-refractivity contribution in [3.8, 4) is 0 Å². The highest BCUT2D eigenvalue weighted by Crippen LogP contribution is 2.59. The molecule has 5 N–H and O–H groups in total. The summed E-state index contributed by atoms with van der Waals surface area (Å²) in [6.45, 7) is 4.80. The van der Waals surface area contributed by atoms with Crippen LogP contribution in [-0.4, -0.2) is 31.3 Å². The number of nitrogen functional groups attached to an aromatic ring is 1. The summed E-state index contributed by atoms with van der Waals surface area (Å²) in [4.78, 5) is 17.2. The molecule has 1 atom stereocenters. The third kappa shape index (κ3) is 3.50. The summed E-state index contributed by atoms with van der Waals surface area (Å²) in [6.07, 6.45) is 0. The summed E-state index contributed by atoms with van der Waals surface area (Å²) in [5.41, 5.74) is 5.39. The molecule has 8 heteroatoms. The van der Waals surface area contributed by atoms with E-state index in [1.54, 1.807) is 51.1 Å². The Labute approximate surface area is 165 Å². The lowest BCUT2D eigenvalue weighted by molar-refractivity contribution is 0.0975. The first-order chi connectivity index (χ1) is 13.0. The van der Waals surface area contributed by atoms with Crippen LogP contribution in [0.3, 0.4) is 0 Å². The average molecular weight is 405 g/mol. The Morgan fingerprint density at radius 1 is 1.18 bits per heavy atom. The van der Waals surface area contributed by atoms with Crippen LogP contribution in [0.1, 0.15) is 36.7 Å². The monoisotopic (exact) mass is 405 g/mol. The smallest absolute Gasteiger partial charge is 0.256 e. The first-order valence-corrected chi connectivity index (χ1v) is 10.5. The zero-order valence-corrected chi connectivity index (χ0v) is 16.8. The first kappa shape index (κ1) is 20.3. The molecule has 1 aliphatic heterocycles. The second-order valence-corrected chi connectivity index (χ2v) is 10.3. The number of aliphatic imine (C=N–C) groups is 1. The lowest BCUT2D eigenvalue weighted by atomic mass is 9.92. The number of amidine groups is 1. The minimum atomic E-state index is -3.28. The van der Waals surface area contributed by atoms with Gasteiger partial charge in [0.1, 0.15) is 21.9 Å². The summed E-state index contributed by atoms with van der Waals surface area (Å²) in [5.74, 6) is -1.07. The van der Waals surface area contributed by atoms with Crippen molar-refractivity contribution < 1.29 is 18.3 Å². The van der Waals surface area contributed by atoms with Crippen molar-refractivity contribution in [3.63, 3.8) is 0 Å². The number of nitrogens with two attached hydrogens (primary N) is 1. The molecule has 1 heterocycles. The SMILES string of the molecule is CC1(c2cc(N)ccc2F)CS(O)(O)C(C)(C)C(NC(=O)c2ccccc2)=N1. The van der Waals surface area contributed by atoms with E-state index in [2.05, 4.69) is 10.3 Å². The van der Waals surface area contributed by atoms with Crippen molar-refractivity contribution >= 4 is 28.0 Å².